The molecule has 3 heterocycles. The normalized spacial score (nSPS) is 18.3. The van der Waals surface area contributed by atoms with Crippen molar-refractivity contribution >= 4 is 29.9 Å². The number of fused-ring (bicyclic) bond motifs is 4. The van der Waals surface area contributed by atoms with E-state index in [1.165, 1.54) is 11.0 Å². The van der Waals surface area contributed by atoms with Gasteiger partial charge in [-0.3, -0.25) is 4.90 Å². The van der Waals surface area contributed by atoms with Crippen LogP contribution < -0.4 is 15.1 Å². The zero-order chi connectivity index (χ0) is 21.5. The second-order valence-electron chi connectivity index (χ2n) is 7.40. The van der Waals surface area contributed by atoms with Crippen LogP contribution in [-0.2, 0) is 6.18 Å². The molecule has 2 amide bonds. The number of aromatic nitrogens is 1. The van der Waals surface area contributed by atoms with E-state index in [0.717, 1.165) is 30.8 Å². The average molecular weight is 459 g/mol. The highest BCUT2D eigenvalue weighted by atomic mass is 35.5. The molecule has 3 N–H and O–H groups in total. The Kier molecular flexibility index (Phi) is 6.63. The van der Waals surface area contributed by atoms with Gasteiger partial charge in [0.1, 0.15) is 0 Å². The lowest BCUT2D eigenvalue weighted by atomic mass is 10.1. The molecule has 2 aromatic rings. The number of alkyl halides is 3. The van der Waals surface area contributed by atoms with Crippen LogP contribution in [0.3, 0.4) is 0 Å². The zero-order valence-electron chi connectivity index (χ0n) is 16.3. The molecule has 4 rings (SSSR count). The Morgan fingerprint density at radius 2 is 2.06 bits per heavy atom. The topological polar surface area (TPSA) is 88.9 Å². The van der Waals surface area contributed by atoms with Crippen LogP contribution in [0.25, 0.3) is 11.3 Å². The summed E-state index contributed by atoms with van der Waals surface area (Å²) in [4.78, 5) is 21.0. The minimum absolute atomic E-state index is 0. The number of amides is 2. The standard InChI is InChI=1S/C20H21F3N4O3.ClH/c21-20(22,23)13-3-1-2-12(8-13)16-4-5-17-18(25-16)27(14-6-7-26(17)10-14)19(30)24-9-15(29)11-28;/h1-5,8,14-15,28-29H,6-7,9-11H2,(H,24,30);1H/t14-,15+;/m0./s1. The van der Waals surface area contributed by atoms with Gasteiger partial charge in [-0.05, 0) is 30.7 Å². The van der Waals surface area contributed by atoms with Crippen molar-refractivity contribution in [3.05, 3.63) is 42.0 Å². The van der Waals surface area contributed by atoms with Gasteiger partial charge in [-0.1, -0.05) is 12.1 Å². The van der Waals surface area contributed by atoms with Crippen molar-refractivity contribution in [1.82, 2.24) is 10.3 Å². The highest BCUT2D eigenvalue weighted by Crippen LogP contribution is 2.40. The van der Waals surface area contributed by atoms with Crippen LogP contribution in [0, 0.1) is 0 Å². The fourth-order valence-electron chi connectivity index (χ4n) is 3.84. The smallest absolute Gasteiger partial charge is 0.394 e. The van der Waals surface area contributed by atoms with E-state index in [1.807, 2.05) is 0 Å². The Labute approximate surface area is 182 Å². The molecule has 1 saturated heterocycles. The van der Waals surface area contributed by atoms with Crippen LogP contribution >= 0.6 is 12.4 Å². The number of hydrogen-bond donors (Lipinski definition) is 3. The van der Waals surface area contributed by atoms with E-state index >= 15 is 0 Å². The lowest BCUT2D eigenvalue weighted by molar-refractivity contribution is -0.137. The number of rotatable bonds is 4. The summed E-state index contributed by atoms with van der Waals surface area (Å²) in [5, 5.41) is 21.1. The first-order valence-corrected chi connectivity index (χ1v) is 9.57. The van der Waals surface area contributed by atoms with Crippen molar-refractivity contribution < 1.29 is 28.2 Å². The SMILES string of the molecule is Cl.O=C(NC[C@@H](O)CO)N1c2nc(-c3cccc(C(F)(F)F)c3)ccc2N2CC[C@H]1C2. The van der Waals surface area contributed by atoms with Crippen LogP contribution in [0.4, 0.5) is 29.5 Å². The van der Waals surface area contributed by atoms with E-state index in [4.69, 9.17) is 5.11 Å². The Hall–Kier alpha value is -2.56. The monoisotopic (exact) mass is 458 g/mol. The van der Waals surface area contributed by atoms with E-state index in [9.17, 15) is 23.1 Å². The number of anilines is 2. The predicted molar refractivity (Wildman–Crippen MR) is 112 cm³/mol. The molecule has 0 saturated carbocycles. The highest BCUT2D eigenvalue weighted by Gasteiger charge is 2.40. The number of nitrogens with zero attached hydrogens (tertiary/aromatic N) is 3. The van der Waals surface area contributed by atoms with Crippen LogP contribution in [0.15, 0.2) is 36.4 Å². The number of pyridine rings is 1. The summed E-state index contributed by atoms with van der Waals surface area (Å²) >= 11 is 0. The molecular weight excluding hydrogens is 437 g/mol. The fraction of sp³-hybridized carbons (Fsp3) is 0.400. The summed E-state index contributed by atoms with van der Waals surface area (Å²) in [6.45, 7) is 0.774. The molecule has 1 aromatic carbocycles. The number of carbonyl (C=O) groups excluding carboxylic acids is 1. The van der Waals surface area contributed by atoms with E-state index in [2.05, 4.69) is 15.2 Å². The van der Waals surface area contributed by atoms with Gasteiger partial charge < -0.3 is 20.4 Å². The van der Waals surface area contributed by atoms with E-state index in [0.29, 0.717) is 23.6 Å². The Bertz CT molecular complexity index is 960. The molecule has 0 aliphatic carbocycles. The highest BCUT2D eigenvalue weighted by molar-refractivity contribution is 5.97. The summed E-state index contributed by atoms with van der Waals surface area (Å²) in [6, 6.07) is 7.73. The van der Waals surface area contributed by atoms with Gasteiger partial charge in [0.15, 0.2) is 5.82 Å². The molecule has 0 spiro atoms. The molecule has 1 aromatic heterocycles. The molecule has 0 radical (unpaired) electrons. The minimum Gasteiger partial charge on any atom is -0.394 e. The van der Waals surface area contributed by atoms with Crippen LogP contribution in [0.1, 0.15) is 12.0 Å². The van der Waals surface area contributed by atoms with Crippen molar-refractivity contribution in [2.45, 2.75) is 24.7 Å². The maximum Gasteiger partial charge on any atom is 0.416 e. The Balaban J connectivity index is 0.00000272. The van der Waals surface area contributed by atoms with Crippen LogP contribution in [0.5, 0.6) is 0 Å². The first-order chi connectivity index (χ1) is 14.3. The second kappa shape index (κ2) is 8.89. The van der Waals surface area contributed by atoms with E-state index in [-0.39, 0.29) is 25.0 Å². The molecule has 0 unspecified atom stereocenters. The molecule has 11 heteroatoms. The number of hydrogen-bond acceptors (Lipinski definition) is 5. The molecule has 2 aliphatic rings. The van der Waals surface area contributed by atoms with Gasteiger partial charge in [0.05, 0.1) is 35.7 Å². The van der Waals surface area contributed by atoms with Gasteiger partial charge in [0.25, 0.3) is 0 Å². The molecule has 1 fully saturated rings. The van der Waals surface area contributed by atoms with Gasteiger partial charge in [-0.2, -0.15) is 13.2 Å². The Morgan fingerprint density at radius 3 is 2.77 bits per heavy atom. The number of aliphatic hydroxyl groups is 2. The second-order valence-corrected chi connectivity index (χ2v) is 7.40. The molecule has 31 heavy (non-hydrogen) atoms. The van der Waals surface area contributed by atoms with Crippen molar-refractivity contribution in [3.63, 3.8) is 0 Å². The quantitative estimate of drug-likeness (QED) is 0.655. The summed E-state index contributed by atoms with van der Waals surface area (Å²) in [7, 11) is 0. The molecule has 2 aliphatic heterocycles. The fourth-order valence-corrected chi connectivity index (χ4v) is 3.84. The van der Waals surface area contributed by atoms with Gasteiger partial charge >= 0.3 is 12.2 Å². The molecule has 7 nitrogen and oxygen atoms in total. The third-order valence-electron chi connectivity index (χ3n) is 5.36. The Morgan fingerprint density at radius 1 is 1.29 bits per heavy atom. The van der Waals surface area contributed by atoms with Gasteiger partial charge in [0.2, 0.25) is 0 Å². The largest absolute Gasteiger partial charge is 0.416 e. The number of carbonyl (C=O) groups is 1. The van der Waals surface area contributed by atoms with Crippen molar-refractivity contribution in [1.29, 1.82) is 0 Å². The number of nitrogens with one attached hydrogen (secondary N) is 1. The van der Waals surface area contributed by atoms with Gasteiger partial charge in [-0.25, -0.2) is 9.78 Å². The molecule has 168 valence electrons. The third kappa shape index (κ3) is 4.56. The van der Waals surface area contributed by atoms with Gasteiger partial charge in [-0.15, -0.1) is 12.4 Å². The van der Waals surface area contributed by atoms with Crippen molar-refractivity contribution in [2.75, 3.05) is 36.0 Å². The summed E-state index contributed by atoms with van der Waals surface area (Å²) in [6.07, 6.45) is -4.82. The molecule has 2 bridgehead atoms. The zero-order valence-corrected chi connectivity index (χ0v) is 17.2. The maximum atomic E-state index is 13.1. The van der Waals surface area contributed by atoms with Gasteiger partial charge in [0, 0.05) is 25.2 Å². The first-order valence-electron chi connectivity index (χ1n) is 9.57. The lowest BCUT2D eigenvalue weighted by Crippen LogP contribution is -2.52. The number of aliphatic hydroxyl groups excluding tert-OH is 2. The molecule has 2 atom stereocenters. The third-order valence-corrected chi connectivity index (χ3v) is 5.36. The van der Waals surface area contributed by atoms with Crippen LogP contribution in [0.2, 0.25) is 0 Å². The van der Waals surface area contributed by atoms with Crippen LogP contribution in [-0.4, -0.2) is 59.6 Å². The van der Waals surface area contributed by atoms with E-state index in [1.54, 1.807) is 18.2 Å². The number of benzene rings is 1. The predicted octanol–water partition coefficient (Wildman–Crippen LogP) is 2.65. The lowest BCUT2D eigenvalue weighted by Gasteiger charge is -2.36. The van der Waals surface area contributed by atoms with E-state index < -0.39 is 30.5 Å². The first kappa shape index (κ1) is 23.1. The average Bonchev–Trinajstić information content (AvgIpc) is 3.15. The summed E-state index contributed by atoms with van der Waals surface area (Å²) < 4.78 is 39.3. The van der Waals surface area contributed by atoms with Crippen molar-refractivity contribution in [3.8, 4) is 11.3 Å². The number of urea groups is 1. The maximum absolute atomic E-state index is 13.1. The summed E-state index contributed by atoms with van der Waals surface area (Å²) in [5.74, 6) is 0.370. The minimum atomic E-state index is -4.46. The van der Waals surface area contributed by atoms with Crippen molar-refractivity contribution in [2.24, 2.45) is 0 Å². The summed E-state index contributed by atoms with van der Waals surface area (Å²) in [5.41, 5.74) is 0.598. The molecular formula is C20H22ClF3N4O3. The number of halogens is 4.